The van der Waals surface area contributed by atoms with Gasteiger partial charge in [0.15, 0.2) is 5.58 Å². The molecule has 0 atom stereocenters. The highest BCUT2D eigenvalue weighted by molar-refractivity contribution is 9.10. The topological polar surface area (TPSA) is 30.4 Å². The lowest BCUT2D eigenvalue weighted by Crippen LogP contribution is -1.80. The van der Waals surface area contributed by atoms with Crippen molar-refractivity contribution in [2.75, 3.05) is 0 Å². The Morgan fingerprint density at radius 1 is 0.944 bits per heavy atom. The molecule has 0 radical (unpaired) electrons. The predicted octanol–water partition coefficient (Wildman–Crippen LogP) is 4.76. The molecule has 0 N–H and O–H groups in total. The third kappa shape index (κ3) is 1.37. The molecule has 0 aliphatic rings. The molecule has 3 nitrogen and oxygen atoms in total. The van der Waals surface area contributed by atoms with Gasteiger partial charge < -0.3 is 4.42 Å². The maximum Gasteiger partial charge on any atom is 0.307 e. The van der Waals surface area contributed by atoms with Crippen molar-refractivity contribution < 1.29 is 4.42 Å². The van der Waals surface area contributed by atoms with E-state index in [1.54, 1.807) is 0 Å². The zero-order valence-electron chi connectivity index (χ0n) is 9.02. The van der Waals surface area contributed by atoms with Crippen molar-refractivity contribution >= 4 is 59.8 Å². The Balaban J connectivity index is 2.28. The normalized spacial score (nSPS) is 11.9. The Hall–Kier alpha value is -1.33. The first kappa shape index (κ1) is 10.6. The zero-order valence-corrected chi connectivity index (χ0v) is 12.2. The predicted molar refractivity (Wildman–Crippen MR) is 77.9 cm³/mol. The highest BCUT2D eigenvalue weighted by Crippen LogP contribution is 2.29. The van der Waals surface area contributed by atoms with Crippen molar-refractivity contribution in [3.63, 3.8) is 0 Å². The summed E-state index contributed by atoms with van der Waals surface area (Å²) in [5.74, 6) is 0.621. The van der Waals surface area contributed by atoms with E-state index < -0.39 is 0 Å². The van der Waals surface area contributed by atoms with Gasteiger partial charge in [-0.15, -0.1) is 0 Å². The second-order valence-corrected chi connectivity index (χ2v) is 5.91. The first-order valence-corrected chi connectivity index (χ1v) is 6.97. The van der Waals surface area contributed by atoms with Crippen molar-refractivity contribution in [3.8, 4) is 0 Å². The minimum Gasteiger partial charge on any atom is -0.423 e. The molecule has 4 aromatic rings. The largest absolute Gasteiger partial charge is 0.423 e. The first-order valence-electron chi connectivity index (χ1n) is 5.38. The Morgan fingerprint density at radius 2 is 1.72 bits per heavy atom. The second kappa shape index (κ2) is 3.59. The minimum atomic E-state index is 0.621. The molecule has 0 aliphatic heterocycles. The van der Waals surface area contributed by atoms with E-state index in [1.807, 2.05) is 40.8 Å². The van der Waals surface area contributed by atoms with E-state index in [9.17, 15) is 0 Å². The second-order valence-electron chi connectivity index (χ2n) is 4.08. The van der Waals surface area contributed by atoms with Crippen LogP contribution < -0.4 is 0 Å². The number of rotatable bonds is 0. The van der Waals surface area contributed by atoms with Gasteiger partial charge in [-0.25, -0.2) is 0 Å². The number of imidazole rings is 1. The van der Waals surface area contributed by atoms with Crippen LogP contribution in [0.3, 0.4) is 0 Å². The van der Waals surface area contributed by atoms with Gasteiger partial charge in [0.05, 0.1) is 16.6 Å². The SMILES string of the molecule is Brc1ccc2c(c1)oc1nc3ccc(Br)cc3n12. The van der Waals surface area contributed by atoms with Crippen LogP contribution in [0.1, 0.15) is 0 Å². The molecule has 4 rings (SSSR count). The summed E-state index contributed by atoms with van der Waals surface area (Å²) in [5.41, 5.74) is 3.82. The fourth-order valence-electron chi connectivity index (χ4n) is 2.18. The lowest BCUT2D eigenvalue weighted by Gasteiger charge is -1.94. The van der Waals surface area contributed by atoms with Crippen LogP contribution in [-0.4, -0.2) is 9.38 Å². The standard InChI is InChI=1S/C13H6Br2N2O/c14-7-1-3-9-11(5-7)17-10-4-2-8(15)6-12(10)18-13(17)16-9/h1-6H. The van der Waals surface area contributed by atoms with E-state index in [0.29, 0.717) is 5.84 Å². The number of benzene rings is 2. The molecule has 0 amide bonds. The van der Waals surface area contributed by atoms with E-state index in [-0.39, 0.29) is 0 Å². The van der Waals surface area contributed by atoms with Crippen molar-refractivity contribution in [1.29, 1.82) is 0 Å². The molecule has 5 heteroatoms. The van der Waals surface area contributed by atoms with Crippen LogP contribution in [0.25, 0.3) is 28.0 Å². The molecule has 88 valence electrons. The van der Waals surface area contributed by atoms with Crippen LogP contribution in [0.15, 0.2) is 49.8 Å². The molecule has 0 unspecified atom stereocenters. The van der Waals surface area contributed by atoms with Gasteiger partial charge in [-0.2, -0.15) is 4.98 Å². The van der Waals surface area contributed by atoms with Crippen LogP contribution in [-0.2, 0) is 0 Å². The summed E-state index contributed by atoms with van der Waals surface area (Å²) < 4.78 is 9.82. The van der Waals surface area contributed by atoms with Gasteiger partial charge in [-0.3, -0.25) is 4.40 Å². The summed E-state index contributed by atoms with van der Waals surface area (Å²) >= 11 is 6.93. The number of oxazole rings is 1. The van der Waals surface area contributed by atoms with Crippen molar-refractivity contribution in [3.05, 3.63) is 45.3 Å². The van der Waals surface area contributed by atoms with Gasteiger partial charge in [-0.05, 0) is 36.4 Å². The van der Waals surface area contributed by atoms with Crippen LogP contribution in [0.4, 0.5) is 0 Å². The first-order chi connectivity index (χ1) is 8.72. The van der Waals surface area contributed by atoms with Gasteiger partial charge in [-0.1, -0.05) is 31.9 Å². The zero-order chi connectivity index (χ0) is 12.3. The van der Waals surface area contributed by atoms with Gasteiger partial charge in [0.1, 0.15) is 0 Å². The molecule has 0 saturated heterocycles. The Labute approximate surface area is 119 Å². The van der Waals surface area contributed by atoms with Crippen molar-refractivity contribution in [2.24, 2.45) is 0 Å². The van der Waals surface area contributed by atoms with Gasteiger partial charge >= 0.3 is 5.84 Å². The number of hydrogen-bond acceptors (Lipinski definition) is 2. The van der Waals surface area contributed by atoms with Crippen molar-refractivity contribution in [1.82, 2.24) is 9.38 Å². The lowest BCUT2D eigenvalue weighted by molar-refractivity contribution is 0.643. The fourth-order valence-corrected chi connectivity index (χ4v) is 2.87. The molecular formula is C13H6Br2N2O. The molecule has 2 aromatic heterocycles. The summed E-state index contributed by atoms with van der Waals surface area (Å²) in [4.78, 5) is 4.48. The Morgan fingerprint density at radius 3 is 2.61 bits per heavy atom. The van der Waals surface area contributed by atoms with E-state index in [0.717, 1.165) is 31.1 Å². The summed E-state index contributed by atoms with van der Waals surface area (Å²) in [5, 5.41) is 0. The Kier molecular flexibility index (Phi) is 2.11. The minimum absolute atomic E-state index is 0.621. The molecule has 18 heavy (non-hydrogen) atoms. The lowest BCUT2D eigenvalue weighted by atomic mass is 10.3. The van der Waals surface area contributed by atoms with Crippen LogP contribution in [0, 0.1) is 0 Å². The maximum absolute atomic E-state index is 5.76. The molecule has 0 aliphatic carbocycles. The monoisotopic (exact) mass is 364 g/mol. The van der Waals surface area contributed by atoms with Crippen LogP contribution in [0.5, 0.6) is 0 Å². The number of hydrogen-bond donors (Lipinski definition) is 0. The number of aromatic nitrogens is 2. The third-order valence-electron chi connectivity index (χ3n) is 2.95. The molecule has 2 aromatic carbocycles. The number of nitrogens with zero attached hydrogens (tertiary/aromatic N) is 2. The summed E-state index contributed by atoms with van der Waals surface area (Å²) in [7, 11) is 0. The van der Waals surface area contributed by atoms with Crippen LogP contribution >= 0.6 is 31.9 Å². The highest BCUT2D eigenvalue weighted by Gasteiger charge is 2.12. The molecule has 2 heterocycles. The van der Waals surface area contributed by atoms with E-state index in [4.69, 9.17) is 4.42 Å². The molecule has 0 bridgehead atoms. The molecule has 0 spiro atoms. The number of fused-ring (bicyclic) bond motifs is 5. The highest BCUT2D eigenvalue weighted by atomic mass is 79.9. The molecule has 0 saturated carbocycles. The quantitative estimate of drug-likeness (QED) is 0.449. The van der Waals surface area contributed by atoms with Gasteiger partial charge in [0.25, 0.3) is 0 Å². The van der Waals surface area contributed by atoms with Crippen molar-refractivity contribution in [2.45, 2.75) is 0 Å². The fraction of sp³-hybridized carbons (Fsp3) is 0. The van der Waals surface area contributed by atoms with E-state index in [2.05, 4.69) is 36.8 Å². The summed E-state index contributed by atoms with van der Waals surface area (Å²) in [6.07, 6.45) is 0. The Bertz CT molecular complexity index is 907. The maximum atomic E-state index is 5.76. The van der Waals surface area contributed by atoms with E-state index in [1.165, 1.54) is 0 Å². The third-order valence-corrected chi connectivity index (χ3v) is 3.94. The molecule has 0 fully saturated rings. The average Bonchev–Trinajstić information content (AvgIpc) is 2.83. The van der Waals surface area contributed by atoms with Crippen LogP contribution in [0.2, 0.25) is 0 Å². The summed E-state index contributed by atoms with van der Waals surface area (Å²) in [6, 6.07) is 12.0. The van der Waals surface area contributed by atoms with Gasteiger partial charge in [0.2, 0.25) is 0 Å². The molecular weight excluding hydrogens is 360 g/mol. The summed E-state index contributed by atoms with van der Waals surface area (Å²) in [6.45, 7) is 0. The number of halogens is 2. The van der Waals surface area contributed by atoms with Gasteiger partial charge in [0, 0.05) is 8.95 Å². The smallest absolute Gasteiger partial charge is 0.307 e. The average molecular weight is 366 g/mol. The van der Waals surface area contributed by atoms with E-state index >= 15 is 0 Å².